The van der Waals surface area contributed by atoms with Crippen LogP contribution >= 0.6 is 0 Å². The number of aliphatic carboxylic acids is 1. The van der Waals surface area contributed by atoms with Crippen molar-refractivity contribution in [2.75, 3.05) is 0 Å². The summed E-state index contributed by atoms with van der Waals surface area (Å²) in [4.78, 5) is 35.6. The third kappa shape index (κ3) is 4.04. The molecule has 1 aromatic carbocycles. The summed E-state index contributed by atoms with van der Waals surface area (Å²) in [6, 6.07) is 9.45. The molecule has 1 fully saturated rings. The summed E-state index contributed by atoms with van der Waals surface area (Å²) >= 11 is 0. The number of carboxylic acid groups (broad SMARTS) is 1. The molecule has 7 heteroatoms. The highest BCUT2D eigenvalue weighted by Gasteiger charge is 2.41. The number of amides is 2. The molecule has 0 aromatic heterocycles. The second-order valence-corrected chi connectivity index (χ2v) is 6.64. The Labute approximate surface area is 145 Å². The molecule has 0 spiro atoms. The van der Waals surface area contributed by atoms with Gasteiger partial charge in [-0.25, -0.2) is 5.01 Å². The maximum atomic E-state index is 12.5. The van der Waals surface area contributed by atoms with E-state index in [0.717, 1.165) is 12.0 Å². The van der Waals surface area contributed by atoms with Crippen LogP contribution in [-0.4, -0.2) is 39.1 Å². The first kappa shape index (κ1) is 17.1. The Balaban J connectivity index is 1.70. The van der Waals surface area contributed by atoms with Gasteiger partial charge in [-0.2, -0.15) is 5.10 Å². The molecule has 1 aliphatic carbocycles. The first-order valence-electron chi connectivity index (χ1n) is 8.43. The smallest absolute Gasteiger partial charge is 0.305 e. The van der Waals surface area contributed by atoms with E-state index in [4.69, 9.17) is 5.11 Å². The molecule has 25 heavy (non-hydrogen) atoms. The lowest BCUT2D eigenvalue weighted by molar-refractivity contribution is -0.140. The van der Waals surface area contributed by atoms with Crippen molar-refractivity contribution in [2.45, 2.75) is 50.6 Å². The summed E-state index contributed by atoms with van der Waals surface area (Å²) in [6.07, 6.45) is 2.64. The summed E-state index contributed by atoms with van der Waals surface area (Å²) in [7, 11) is 0. The monoisotopic (exact) mass is 343 g/mol. The molecule has 3 rings (SSSR count). The summed E-state index contributed by atoms with van der Waals surface area (Å²) in [6.45, 7) is 0.316. The minimum absolute atomic E-state index is 0.0846. The zero-order valence-corrected chi connectivity index (χ0v) is 13.9. The van der Waals surface area contributed by atoms with Crippen molar-refractivity contribution >= 4 is 23.5 Å². The average molecular weight is 343 g/mol. The van der Waals surface area contributed by atoms with Crippen LogP contribution in [0.2, 0.25) is 0 Å². The van der Waals surface area contributed by atoms with E-state index in [2.05, 4.69) is 10.4 Å². The highest BCUT2D eigenvalue weighted by Crippen LogP contribution is 2.35. The van der Waals surface area contributed by atoms with Crippen molar-refractivity contribution < 1.29 is 19.5 Å². The summed E-state index contributed by atoms with van der Waals surface area (Å²) in [5.74, 6) is -1.41. The predicted molar refractivity (Wildman–Crippen MR) is 90.6 cm³/mol. The number of nitrogens with one attached hydrogen (secondary N) is 1. The van der Waals surface area contributed by atoms with Crippen molar-refractivity contribution in [1.29, 1.82) is 0 Å². The van der Waals surface area contributed by atoms with Crippen molar-refractivity contribution in [1.82, 2.24) is 10.3 Å². The van der Waals surface area contributed by atoms with Crippen LogP contribution in [0.5, 0.6) is 0 Å². The molecule has 1 heterocycles. The average Bonchev–Trinajstić information content (AvgIpc) is 2.55. The molecule has 1 saturated carbocycles. The zero-order valence-electron chi connectivity index (χ0n) is 13.9. The van der Waals surface area contributed by atoms with Gasteiger partial charge in [0.2, 0.25) is 5.91 Å². The van der Waals surface area contributed by atoms with Gasteiger partial charge < -0.3 is 10.4 Å². The Morgan fingerprint density at radius 3 is 2.52 bits per heavy atom. The van der Waals surface area contributed by atoms with Gasteiger partial charge in [0.25, 0.3) is 5.91 Å². The molecule has 132 valence electrons. The summed E-state index contributed by atoms with van der Waals surface area (Å²) in [5, 5.41) is 17.4. The fourth-order valence-electron chi connectivity index (χ4n) is 3.20. The van der Waals surface area contributed by atoms with Crippen molar-refractivity contribution in [3.05, 3.63) is 35.9 Å². The van der Waals surface area contributed by atoms with Gasteiger partial charge >= 0.3 is 5.97 Å². The van der Waals surface area contributed by atoms with Crippen LogP contribution in [0.3, 0.4) is 0 Å². The fraction of sp³-hybridized carbons (Fsp3) is 0.444. The van der Waals surface area contributed by atoms with E-state index in [9.17, 15) is 14.4 Å². The Morgan fingerprint density at radius 1 is 1.20 bits per heavy atom. The van der Waals surface area contributed by atoms with Crippen LogP contribution < -0.4 is 5.32 Å². The quantitative estimate of drug-likeness (QED) is 0.821. The van der Waals surface area contributed by atoms with Gasteiger partial charge in [0.1, 0.15) is 5.71 Å². The molecule has 0 radical (unpaired) electrons. The largest absolute Gasteiger partial charge is 0.481 e. The lowest BCUT2D eigenvalue weighted by atomic mass is 9.74. The van der Waals surface area contributed by atoms with E-state index in [1.54, 1.807) is 0 Å². The van der Waals surface area contributed by atoms with Crippen LogP contribution in [-0.2, 0) is 20.9 Å². The van der Waals surface area contributed by atoms with E-state index >= 15 is 0 Å². The van der Waals surface area contributed by atoms with E-state index in [0.29, 0.717) is 19.4 Å². The van der Waals surface area contributed by atoms with Gasteiger partial charge in [-0.3, -0.25) is 14.4 Å². The Hall–Kier alpha value is -2.70. The lowest BCUT2D eigenvalue weighted by Gasteiger charge is -2.41. The fourth-order valence-corrected chi connectivity index (χ4v) is 3.20. The topological polar surface area (TPSA) is 99.1 Å². The molecule has 2 aliphatic rings. The van der Waals surface area contributed by atoms with Gasteiger partial charge in [-0.15, -0.1) is 0 Å². The zero-order chi connectivity index (χ0) is 17.9. The lowest BCUT2D eigenvalue weighted by Crippen LogP contribution is -2.56. The molecule has 0 unspecified atom stereocenters. The maximum absolute atomic E-state index is 12.5. The van der Waals surface area contributed by atoms with E-state index in [-0.39, 0.29) is 36.8 Å². The predicted octanol–water partition coefficient (Wildman–Crippen LogP) is 1.68. The Morgan fingerprint density at radius 2 is 1.92 bits per heavy atom. The number of carbonyl (C=O) groups is 3. The minimum atomic E-state index is -0.925. The molecule has 0 atom stereocenters. The minimum Gasteiger partial charge on any atom is -0.481 e. The van der Waals surface area contributed by atoms with Gasteiger partial charge in [-0.05, 0) is 24.8 Å². The number of hydrazone groups is 1. The molecule has 0 bridgehead atoms. The van der Waals surface area contributed by atoms with Crippen molar-refractivity contribution in [2.24, 2.45) is 5.10 Å². The highest BCUT2D eigenvalue weighted by atomic mass is 16.4. The van der Waals surface area contributed by atoms with Crippen molar-refractivity contribution in [3.8, 4) is 0 Å². The van der Waals surface area contributed by atoms with E-state index < -0.39 is 11.5 Å². The van der Waals surface area contributed by atoms with Gasteiger partial charge in [0.15, 0.2) is 0 Å². The molecule has 1 aliphatic heterocycles. The standard InChI is InChI=1S/C18H21N3O4/c22-15-8-7-14(20-21(15)12-13-5-2-1-3-6-13)17(25)19-18(9-4-10-18)11-16(23)24/h1-3,5-6H,4,7-12H2,(H,19,25)(H,23,24). The SMILES string of the molecule is O=C(O)CC1(NC(=O)C2=NN(Cc3ccccc3)C(=O)CC2)CCC1. The maximum Gasteiger partial charge on any atom is 0.305 e. The number of benzene rings is 1. The second kappa shape index (κ2) is 7.04. The third-order valence-electron chi connectivity index (χ3n) is 4.72. The first-order chi connectivity index (χ1) is 12.0. The first-order valence-corrected chi connectivity index (χ1v) is 8.43. The number of hydrogen-bond donors (Lipinski definition) is 2. The Bertz CT molecular complexity index is 710. The van der Waals surface area contributed by atoms with E-state index in [1.807, 2.05) is 30.3 Å². The number of carboxylic acids is 1. The van der Waals surface area contributed by atoms with Crippen LogP contribution in [0.4, 0.5) is 0 Å². The number of nitrogens with zero attached hydrogens (tertiary/aromatic N) is 2. The van der Waals surface area contributed by atoms with Crippen LogP contribution in [0.1, 0.15) is 44.1 Å². The molecule has 0 saturated heterocycles. The van der Waals surface area contributed by atoms with Crippen LogP contribution in [0.25, 0.3) is 0 Å². The van der Waals surface area contributed by atoms with Crippen molar-refractivity contribution in [3.63, 3.8) is 0 Å². The number of hydrogen-bond acceptors (Lipinski definition) is 4. The number of rotatable bonds is 6. The van der Waals surface area contributed by atoms with Gasteiger partial charge in [0.05, 0.1) is 18.5 Å². The van der Waals surface area contributed by atoms with Gasteiger partial charge in [-0.1, -0.05) is 30.3 Å². The third-order valence-corrected chi connectivity index (χ3v) is 4.72. The van der Waals surface area contributed by atoms with Crippen LogP contribution in [0.15, 0.2) is 35.4 Å². The van der Waals surface area contributed by atoms with Crippen LogP contribution in [0, 0.1) is 0 Å². The molecule has 1 aromatic rings. The summed E-state index contributed by atoms with van der Waals surface area (Å²) in [5.41, 5.74) is 0.548. The molecular formula is C18H21N3O4. The summed E-state index contributed by atoms with van der Waals surface area (Å²) < 4.78 is 0. The molecule has 2 N–H and O–H groups in total. The van der Waals surface area contributed by atoms with Gasteiger partial charge in [0, 0.05) is 12.8 Å². The molecule has 2 amide bonds. The molecule has 7 nitrogen and oxygen atoms in total. The second-order valence-electron chi connectivity index (χ2n) is 6.64. The van der Waals surface area contributed by atoms with E-state index in [1.165, 1.54) is 5.01 Å². The number of carbonyl (C=O) groups excluding carboxylic acids is 2. The normalized spacial score (nSPS) is 19.0. The molecular weight excluding hydrogens is 322 g/mol. The highest BCUT2D eigenvalue weighted by molar-refractivity contribution is 6.39. The Kier molecular flexibility index (Phi) is 4.83.